The molecule has 0 radical (unpaired) electrons. The molecule has 0 unspecified atom stereocenters. The number of likely N-dealkylation sites (tertiary alicyclic amines) is 1. The van der Waals surface area contributed by atoms with E-state index < -0.39 is 0 Å². The summed E-state index contributed by atoms with van der Waals surface area (Å²) in [7, 11) is 0. The molecule has 1 aliphatic heterocycles. The molecule has 124 valence electrons. The minimum absolute atomic E-state index is 0.298. The molecule has 2 aromatic heterocycles. The molecule has 24 heavy (non-hydrogen) atoms. The summed E-state index contributed by atoms with van der Waals surface area (Å²) >= 11 is 3.51. The molecule has 0 N–H and O–H groups in total. The van der Waals surface area contributed by atoms with E-state index >= 15 is 0 Å². The molecule has 4 rings (SSSR count). The van der Waals surface area contributed by atoms with Crippen LogP contribution in [0.1, 0.15) is 41.6 Å². The molecule has 0 aliphatic carbocycles. The van der Waals surface area contributed by atoms with E-state index in [4.69, 9.17) is 0 Å². The molecule has 1 aliphatic rings. The van der Waals surface area contributed by atoms with Crippen molar-refractivity contribution >= 4 is 38.8 Å². The minimum atomic E-state index is 0.298. The van der Waals surface area contributed by atoms with Crippen molar-refractivity contribution in [3.8, 4) is 0 Å². The van der Waals surface area contributed by atoms with Crippen molar-refractivity contribution in [1.82, 2.24) is 9.88 Å². The van der Waals surface area contributed by atoms with Crippen LogP contribution in [0.4, 0.5) is 0 Å². The number of carbonyl (C=O) groups is 1. The zero-order chi connectivity index (χ0) is 16.4. The quantitative estimate of drug-likeness (QED) is 0.641. The van der Waals surface area contributed by atoms with Crippen molar-refractivity contribution in [2.45, 2.75) is 38.1 Å². The van der Waals surface area contributed by atoms with Gasteiger partial charge in [0.1, 0.15) is 0 Å². The number of carbonyl (C=O) groups excluding carboxylic acids is 1. The number of rotatable bonds is 5. The Kier molecular flexibility index (Phi) is 4.63. The number of para-hydroxylation sites is 1. The second-order valence-electron chi connectivity index (χ2n) is 6.19. The number of fused-ring (bicyclic) bond motifs is 1. The maximum Gasteiger partial charge on any atom is 0.223 e. The molecular formula is C19H20N2OS2. The number of aromatic nitrogens is 1. The van der Waals surface area contributed by atoms with Gasteiger partial charge in [0.15, 0.2) is 0 Å². The topological polar surface area (TPSA) is 33.2 Å². The fraction of sp³-hybridized carbons (Fsp3) is 0.368. The van der Waals surface area contributed by atoms with Crippen LogP contribution in [-0.2, 0) is 11.2 Å². The smallest absolute Gasteiger partial charge is 0.223 e. The number of aryl methyl sites for hydroxylation is 1. The Morgan fingerprint density at radius 3 is 3.00 bits per heavy atom. The highest BCUT2D eigenvalue weighted by Gasteiger charge is 2.29. The molecule has 5 heteroatoms. The van der Waals surface area contributed by atoms with Crippen LogP contribution in [0.3, 0.4) is 0 Å². The van der Waals surface area contributed by atoms with Gasteiger partial charge >= 0.3 is 0 Å². The van der Waals surface area contributed by atoms with Gasteiger partial charge in [-0.05, 0) is 49.3 Å². The number of hydrogen-bond donors (Lipinski definition) is 0. The third kappa shape index (κ3) is 3.23. The summed E-state index contributed by atoms with van der Waals surface area (Å²) in [6, 6.07) is 12.8. The minimum Gasteiger partial charge on any atom is -0.335 e. The summed E-state index contributed by atoms with van der Waals surface area (Å²) in [5, 5.41) is 3.24. The lowest BCUT2D eigenvalue weighted by Crippen LogP contribution is -2.30. The number of thiophene rings is 1. The lowest BCUT2D eigenvalue weighted by atomic mass is 10.1. The Morgan fingerprint density at radius 2 is 2.17 bits per heavy atom. The van der Waals surface area contributed by atoms with Gasteiger partial charge in [0.05, 0.1) is 21.3 Å². The monoisotopic (exact) mass is 356 g/mol. The van der Waals surface area contributed by atoms with Crippen LogP contribution in [0.15, 0.2) is 41.8 Å². The molecular weight excluding hydrogens is 336 g/mol. The molecule has 3 aromatic rings. The molecule has 1 fully saturated rings. The van der Waals surface area contributed by atoms with E-state index in [0.717, 1.165) is 42.8 Å². The average molecular weight is 357 g/mol. The average Bonchev–Trinajstić information content (AvgIpc) is 3.33. The maximum atomic E-state index is 12.6. The van der Waals surface area contributed by atoms with Gasteiger partial charge in [-0.25, -0.2) is 4.98 Å². The third-order valence-corrected chi connectivity index (χ3v) is 6.63. The first-order valence-corrected chi connectivity index (χ1v) is 10.2. The van der Waals surface area contributed by atoms with Gasteiger partial charge in [-0.3, -0.25) is 4.79 Å². The summed E-state index contributed by atoms with van der Waals surface area (Å²) in [5.41, 5.74) is 1.07. The largest absolute Gasteiger partial charge is 0.335 e. The van der Waals surface area contributed by atoms with E-state index in [0.29, 0.717) is 18.4 Å². The van der Waals surface area contributed by atoms with Gasteiger partial charge in [-0.2, -0.15) is 0 Å². The fourth-order valence-corrected chi connectivity index (χ4v) is 5.29. The second-order valence-corrected chi connectivity index (χ2v) is 8.28. The van der Waals surface area contributed by atoms with Crippen LogP contribution < -0.4 is 0 Å². The summed E-state index contributed by atoms with van der Waals surface area (Å²) in [6.45, 7) is 0.905. The van der Waals surface area contributed by atoms with Crippen molar-refractivity contribution in [2.24, 2.45) is 0 Å². The van der Waals surface area contributed by atoms with E-state index in [1.807, 2.05) is 12.1 Å². The normalized spacial score (nSPS) is 17.7. The Bertz CT molecular complexity index is 792. The second kappa shape index (κ2) is 7.03. The molecule has 0 saturated carbocycles. The van der Waals surface area contributed by atoms with Gasteiger partial charge in [0.25, 0.3) is 0 Å². The van der Waals surface area contributed by atoms with Gasteiger partial charge < -0.3 is 4.90 Å². The van der Waals surface area contributed by atoms with Gasteiger partial charge in [-0.1, -0.05) is 18.2 Å². The SMILES string of the molecule is O=C(CCCc1nc2ccccc2s1)N1CCC[C@H]1c1cccs1. The molecule has 1 amide bonds. The van der Waals surface area contributed by atoms with Crippen molar-refractivity contribution in [3.63, 3.8) is 0 Å². The molecule has 1 atom stereocenters. The third-order valence-electron chi connectivity index (χ3n) is 4.56. The van der Waals surface area contributed by atoms with Gasteiger partial charge in [-0.15, -0.1) is 22.7 Å². The van der Waals surface area contributed by atoms with Crippen LogP contribution in [0, 0.1) is 0 Å². The zero-order valence-corrected chi connectivity index (χ0v) is 15.1. The van der Waals surface area contributed by atoms with Crippen molar-refractivity contribution < 1.29 is 4.79 Å². The van der Waals surface area contributed by atoms with Crippen LogP contribution in [0.25, 0.3) is 10.2 Å². The Labute approximate surface area is 150 Å². The fourth-order valence-electron chi connectivity index (χ4n) is 3.40. The lowest BCUT2D eigenvalue weighted by molar-refractivity contribution is -0.132. The lowest BCUT2D eigenvalue weighted by Gasteiger charge is -2.23. The van der Waals surface area contributed by atoms with E-state index in [2.05, 4.69) is 39.5 Å². The van der Waals surface area contributed by atoms with Crippen LogP contribution in [-0.4, -0.2) is 22.3 Å². The number of benzene rings is 1. The molecule has 0 bridgehead atoms. The van der Waals surface area contributed by atoms with Crippen molar-refractivity contribution in [3.05, 3.63) is 51.7 Å². The molecule has 0 spiro atoms. The highest BCUT2D eigenvalue weighted by Crippen LogP contribution is 2.35. The Morgan fingerprint density at radius 1 is 1.25 bits per heavy atom. The Hall–Kier alpha value is -1.72. The highest BCUT2D eigenvalue weighted by atomic mass is 32.1. The molecule has 1 saturated heterocycles. The van der Waals surface area contributed by atoms with E-state index in [1.54, 1.807) is 22.7 Å². The predicted octanol–water partition coefficient (Wildman–Crippen LogP) is 5.04. The summed E-state index contributed by atoms with van der Waals surface area (Å²) in [4.78, 5) is 20.7. The summed E-state index contributed by atoms with van der Waals surface area (Å²) < 4.78 is 1.23. The van der Waals surface area contributed by atoms with Crippen molar-refractivity contribution in [2.75, 3.05) is 6.54 Å². The zero-order valence-electron chi connectivity index (χ0n) is 13.5. The maximum absolute atomic E-state index is 12.6. The Balaban J connectivity index is 1.34. The highest BCUT2D eigenvalue weighted by molar-refractivity contribution is 7.18. The van der Waals surface area contributed by atoms with Gasteiger partial charge in [0.2, 0.25) is 5.91 Å². The van der Waals surface area contributed by atoms with E-state index in [-0.39, 0.29) is 0 Å². The molecule has 1 aromatic carbocycles. The number of thiazole rings is 1. The number of hydrogen-bond acceptors (Lipinski definition) is 4. The van der Waals surface area contributed by atoms with Crippen LogP contribution >= 0.6 is 22.7 Å². The number of amides is 1. The summed E-state index contributed by atoms with van der Waals surface area (Å²) in [6.07, 6.45) is 4.61. The number of nitrogens with zero attached hydrogens (tertiary/aromatic N) is 2. The predicted molar refractivity (Wildman–Crippen MR) is 101 cm³/mol. The standard InChI is InChI=1S/C19H20N2OS2/c22-19(21-12-4-7-15(21)17-9-5-13-23-17)11-3-10-18-20-14-6-1-2-8-16(14)24-18/h1-2,5-6,8-9,13,15H,3-4,7,10-12H2/t15-/m0/s1. The van der Waals surface area contributed by atoms with Crippen LogP contribution in [0.2, 0.25) is 0 Å². The summed E-state index contributed by atoms with van der Waals surface area (Å²) in [5.74, 6) is 0.298. The first-order chi connectivity index (χ1) is 11.8. The van der Waals surface area contributed by atoms with Gasteiger partial charge in [0, 0.05) is 17.8 Å². The van der Waals surface area contributed by atoms with E-state index in [9.17, 15) is 4.79 Å². The molecule has 3 heterocycles. The first-order valence-electron chi connectivity index (χ1n) is 8.48. The van der Waals surface area contributed by atoms with Crippen molar-refractivity contribution in [1.29, 1.82) is 0 Å². The first kappa shape index (κ1) is 15.8. The van der Waals surface area contributed by atoms with Crippen LogP contribution in [0.5, 0.6) is 0 Å². The van der Waals surface area contributed by atoms with E-state index in [1.165, 1.54) is 9.58 Å². The molecule has 3 nitrogen and oxygen atoms in total.